The molecule has 3 aliphatic carbocycles. The Morgan fingerprint density at radius 3 is 2.36 bits per heavy atom. The van der Waals surface area contributed by atoms with Gasteiger partial charge in [-0.25, -0.2) is 8.78 Å². The molecule has 1 amide bonds. The standard InChI is InChI=1S/C23H25F4N.C8H8FNO/c1-14-13-22(2)16(12-21(14)28-19-8-6-18(24)7-9-19)4-3-15-11-17(23(25,26)27)5-10-20(15)22;1-6-2-3-7(10-5-11)4-8(6)9/h6-10,12,15,17,28H,3-5,11,13H2,1-2H3;2-5H,1H3,(H,10,11)/t15?,17-,22+;/m1./s1. The molecule has 5 rings (SSSR count). The Hall–Kier alpha value is -3.42. The largest absolute Gasteiger partial charge is 0.392 e. The number of rotatable bonds is 4. The molecule has 3 atom stereocenters. The van der Waals surface area contributed by atoms with Crippen molar-refractivity contribution >= 4 is 17.8 Å². The van der Waals surface area contributed by atoms with Crippen molar-refractivity contribution in [3.63, 3.8) is 0 Å². The van der Waals surface area contributed by atoms with Gasteiger partial charge in [0.1, 0.15) is 11.6 Å². The third-order valence-electron chi connectivity index (χ3n) is 8.12. The second-order valence-electron chi connectivity index (χ2n) is 10.8. The maximum Gasteiger partial charge on any atom is 0.392 e. The van der Waals surface area contributed by atoms with Gasteiger partial charge in [0.15, 0.2) is 0 Å². The Morgan fingerprint density at radius 1 is 1.03 bits per heavy atom. The van der Waals surface area contributed by atoms with Crippen LogP contribution >= 0.6 is 0 Å². The summed E-state index contributed by atoms with van der Waals surface area (Å²) < 4.78 is 65.5. The van der Waals surface area contributed by atoms with Crippen LogP contribution in [-0.2, 0) is 4.79 Å². The van der Waals surface area contributed by atoms with E-state index in [1.165, 1.54) is 34.9 Å². The zero-order valence-corrected chi connectivity index (χ0v) is 22.3. The molecule has 39 heavy (non-hydrogen) atoms. The average molecular weight is 545 g/mol. The van der Waals surface area contributed by atoms with E-state index in [2.05, 4.69) is 30.6 Å². The average Bonchev–Trinajstić information content (AvgIpc) is 2.88. The second kappa shape index (κ2) is 11.4. The van der Waals surface area contributed by atoms with E-state index >= 15 is 0 Å². The molecule has 3 nitrogen and oxygen atoms in total. The summed E-state index contributed by atoms with van der Waals surface area (Å²) in [6.45, 7) is 5.92. The van der Waals surface area contributed by atoms with Crippen molar-refractivity contribution in [2.45, 2.75) is 59.1 Å². The van der Waals surface area contributed by atoms with E-state index in [0.29, 0.717) is 17.7 Å². The fourth-order valence-electron chi connectivity index (χ4n) is 5.96. The zero-order chi connectivity index (χ0) is 28.4. The highest BCUT2D eigenvalue weighted by atomic mass is 19.4. The summed E-state index contributed by atoms with van der Waals surface area (Å²) in [4.78, 5) is 9.94. The van der Waals surface area contributed by atoms with Gasteiger partial charge in [-0.15, -0.1) is 0 Å². The minimum atomic E-state index is -4.10. The Bertz CT molecular complexity index is 1310. The van der Waals surface area contributed by atoms with E-state index in [9.17, 15) is 26.7 Å². The lowest BCUT2D eigenvalue weighted by molar-refractivity contribution is -0.179. The van der Waals surface area contributed by atoms with Gasteiger partial charge in [-0.3, -0.25) is 4.79 Å². The molecule has 0 saturated heterocycles. The number of benzene rings is 2. The summed E-state index contributed by atoms with van der Waals surface area (Å²) in [5, 5.41) is 5.73. The number of hydrogen-bond donors (Lipinski definition) is 2. The van der Waals surface area contributed by atoms with Gasteiger partial charge in [0.2, 0.25) is 6.41 Å². The van der Waals surface area contributed by atoms with Crippen LogP contribution in [0.5, 0.6) is 0 Å². The van der Waals surface area contributed by atoms with E-state index in [0.717, 1.165) is 30.6 Å². The highest BCUT2D eigenvalue weighted by Gasteiger charge is 2.48. The van der Waals surface area contributed by atoms with Gasteiger partial charge in [-0.1, -0.05) is 30.2 Å². The first-order valence-corrected chi connectivity index (χ1v) is 13.1. The van der Waals surface area contributed by atoms with Crippen LogP contribution < -0.4 is 10.6 Å². The molecule has 2 N–H and O–H groups in total. The maximum absolute atomic E-state index is 13.2. The molecular formula is C31H33F5N2O. The molecule has 208 valence electrons. The lowest BCUT2D eigenvalue weighted by Crippen LogP contribution is -2.39. The minimum Gasteiger partial charge on any atom is -0.356 e. The SMILES string of the molecule is CC1=C(Nc2ccc(F)cc2)C=C2CCC3C[C@H](C(F)(F)F)CC=C3[C@@]2(C)C1.Cc1ccc(NC=O)cc1F. The lowest BCUT2D eigenvalue weighted by Gasteiger charge is -2.48. The Kier molecular flexibility index (Phi) is 8.33. The Balaban J connectivity index is 0.000000270. The van der Waals surface area contributed by atoms with Gasteiger partial charge in [-0.05, 0) is 105 Å². The van der Waals surface area contributed by atoms with Crippen molar-refractivity contribution in [2.24, 2.45) is 17.3 Å². The number of aryl methyl sites for hydroxylation is 1. The summed E-state index contributed by atoms with van der Waals surface area (Å²) in [6, 6.07) is 10.8. The number of hydrogen-bond acceptors (Lipinski definition) is 2. The summed E-state index contributed by atoms with van der Waals surface area (Å²) in [5.74, 6) is -1.75. The van der Waals surface area contributed by atoms with Crippen molar-refractivity contribution in [1.29, 1.82) is 0 Å². The van der Waals surface area contributed by atoms with Crippen molar-refractivity contribution in [1.82, 2.24) is 0 Å². The van der Waals surface area contributed by atoms with Crippen LogP contribution in [0, 0.1) is 35.8 Å². The number of allylic oxidation sites excluding steroid dienone is 5. The highest BCUT2D eigenvalue weighted by Crippen LogP contribution is 2.57. The van der Waals surface area contributed by atoms with Crippen LogP contribution in [0.15, 0.2) is 77.0 Å². The quantitative estimate of drug-likeness (QED) is 0.229. The fraction of sp³-hybridized carbons (Fsp3) is 0.387. The third kappa shape index (κ3) is 6.43. The van der Waals surface area contributed by atoms with Crippen LogP contribution in [-0.4, -0.2) is 12.6 Å². The zero-order valence-electron chi connectivity index (χ0n) is 22.3. The van der Waals surface area contributed by atoms with Crippen LogP contribution in [0.3, 0.4) is 0 Å². The number of carbonyl (C=O) groups excluding carboxylic acids is 1. The van der Waals surface area contributed by atoms with E-state index in [1.54, 1.807) is 31.2 Å². The second-order valence-corrected chi connectivity index (χ2v) is 10.8. The number of anilines is 2. The van der Waals surface area contributed by atoms with E-state index in [-0.39, 0.29) is 35.8 Å². The van der Waals surface area contributed by atoms with Gasteiger partial charge in [-0.2, -0.15) is 13.2 Å². The van der Waals surface area contributed by atoms with Crippen molar-refractivity contribution in [3.8, 4) is 0 Å². The molecule has 3 aliphatic rings. The summed E-state index contributed by atoms with van der Waals surface area (Å²) in [7, 11) is 0. The molecule has 2 aromatic rings. The van der Waals surface area contributed by atoms with E-state index in [1.807, 2.05) is 6.08 Å². The topological polar surface area (TPSA) is 41.1 Å². The van der Waals surface area contributed by atoms with Gasteiger partial charge < -0.3 is 10.6 Å². The predicted octanol–water partition coefficient (Wildman–Crippen LogP) is 8.86. The van der Waals surface area contributed by atoms with Crippen LogP contribution in [0.1, 0.15) is 51.5 Å². The summed E-state index contributed by atoms with van der Waals surface area (Å²) in [5.41, 5.74) is 6.37. The molecule has 2 aromatic carbocycles. The summed E-state index contributed by atoms with van der Waals surface area (Å²) >= 11 is 0. The molecule has 1 saturated carbocycles. The molecule has 8 heteroatoms. The highest BCUT2D eigenvalue weighted by molar-refractivity contribution is 5.71. The van der Waals surface area contributed by atoms with Gasteiger partial charge in [0, 0.05) is 22.5 Å². The Labute approximate surface area is 225 Å². The third-order valence-corrected chi connectivity index (χ3v) is 8.12. The molecular weight excluding hydrogens is 511 g/mol. The van der Waals surface area contributed by atoms with Crippen molar-refractivity contribution < 1.29 is 26.7 Å². The summed E-state index contributed by atoms with van der Waals surface area (Å²) in [6.07, 6.45) is 3.19. The number of halogens is 5. The maximum atomic E-state index is 13.2. The van der Waals surface area contributed by atoms with Gasteiger partial charge in [0.25, 0.3) is 0 Å². The van der Waals surface area contributed by atoms with Gasteiger partial charge >= 0.3 is 6.18 Å². The minimum absolute atomic E-state index is 0.0296. The first-order valence-electron chi connectivity index (χ1n) is 13.1. The molecule has 0 aliphatic heterocycles. The van der Waals surface area contributed by atoms with Crippen molar-refractivity contribution in [3.05, 3.63) is 94.2 Å². The number of carbonyl (C=O) groups is 1. The molecule has 1 unspecified atom stereocenters. The van der Waals surface area contributed by atoms with Crippen LogP contribution in [0.2, 0.25) is 0 Å². The Morgan fingerprint density at radius 2 is 1.72 bits per heavy atom. The van der Waals surface area contributed by atoms with Crippen LogP contribution in [0.25, 0.3) is 0 Å². The molecule has 0 heterocycles. The molecule has 1 fully saturated rings. The number of fused-ring (bicyclic) bond motifs is 3. The van der Waals surface area contributed by atoms with Crippen LogP contribution in [0.4, 0.5) is 33.3 Å². The fourth-order valence-corrected chi connectivity index (χ4v) is 5.96. The number of alkyl halides is 3. The van der Waals surface area contributed by atoms with Gasteiger partial charge in [0.05, 0.1) is 5.92 Å². The number of nitrogens with one attached hydrogen (secondary N) is 2. The molecule has 0 radical (unpaired) electrons. The first-order chi connectivity index (χ1) is 18.4. The van der Waals surface area contributed by atoms with E-state index in [4.69, 9.17) is 0 Å². The normalized spacial score (nSPS) is 24.3. The molecule has 0 aromatic heterocycles. The lowest BCUT2D eigenvalue weighted by atomic mass is 9.56. The smallest absolute Gasteiger partial charge is 0.356 e. The van der Waals surface area contributed by atoms with E-state index < -0.39 is 12.1 Å². The predicted molar refractivity (Wildman–Crippen MR) is 144 cm³/mol. The first kappa shape index (κ1) is 28.6. The number of amides is 1. The molecule has 0 bridgehead atoms. The van der Waals surface area contributed by atoms with Crippen molar-refractivity contribution in [2.75, 3.05) is 10.6 Å². The molecule has 0 spiro atoms. The monoisotopic (exact) mass is 544 g/mol.